The van der Waals surface area contributed by atoms with E-state index in [1.807, 2.05) is 0 Å². The van der Waals surface area contributed by atoms with Crippen molar-refractivity contribution in [3.63, 3.8) is 0 Å². The van der Waals surface area contributed by atoms with Crippen LogP contribution in [0.2, 0.25) is 0 Å². The molecule has 0 aliphatic heterocycles. The lowest BCUT2D eigenvalue weighted by Crippen LogP contribution is -2.22. The van der Waals surface area contributed by atoms with Gasteiger partial charge in [0.1, 0.15) is 5.78 Å². The van der Waals surface area contributed by atoms with E-state index in [0.717, 1.165) is 25.2 Å². The maximum absolute atomic E-state index is 12.0. The maximum atomic E-state index is 12.0. The number of ketones is 1. The lowest BCUT2D eigenvalue weighted by molar-refractivity contribution is -0.124. The summed E-state index contributed by atoms with van der Waals surface area (Å²) in [6.45, 7) is 6.65. The summed E-state index contributed by atoms with van der Waals surface area (Å²) in [6.07, 6.45) is 8.11. The Hall–Kier alpha value is -0.330. The van der Waals surface area contributed by atoms with Gasteiger partial charge in [-0.05, 0) is 31.1 Å². The number of hydrogen-bond donors (Lipinski definition) is 0. The van der Waals surface area contributed by atoms with E-state index in [2.05, 4.69) is 20.8 Å². The molecule has 0 aromatic carbocycles. The van der Waals surface area contributed by atoms with Crippen LogP contribution in [-0.4, -0.2) is 5.78 Å². The van der Waals surface area contributed by atoms with Crippen molar-refractivity contribution in [3.05, 3.63) is 0 Å². The van der Waals surface area contributed by atoms with Crippen LogP contribution in [0.1, 0.15) is 65.7 Å². The van der Waals surface area contributed by atoms with Crippen LogP contribution >= 0.6 is 0 Å². The predicted molar refractivity (Wildman–Crippen MR) is 64.8 cm³/mol. The van der Waals surface area contributed by atoms with E-state index < -0.39 is 0 Å². The van der Waals surface area contributed by atoms with E-state index in [1.54, 1.807) is 0 Å². The van der Waals surface area contributed by atoms with Gasteiger partial charge in [-0.25, -0.2) is 0 Å². The molecule has 0 amide bonds. The summed E-state index contributed by atoms with van der Waals surface area (Å²) in [6, 6.07) is 0. The summed E-state index contributed by atoms with van der Waals surface area (Å²) in [5.41, 5.74) is 0. The predicted octanol–water partition coefficient (Wildman–Crippen LogP) is 4.21. The Kier molecular flexibility index (Phi) is 5.35. The Balaban J connectivity index is 2.32. The van der Waals surface area contributed by atoms with Crippen molar-refractivity contribution >= 4 is 5.78 Å². The molecule has 2 unspecified atom stereocenters. The molecule has 88 valence electrons. The highest BCUT2D eigenvalue weighted by atomic mass is 16.1. The first kappa shape index (κ1) is 12.7. The molecule has 15 heavy (non-hydrogen) atoms. The van der Waals surface area contributed by atoms with Crippen molar-refractivity contribution in [2.24, 2.45) is 17.8 Å². The van der Waals surface area contributed by atoms with Crippen molar-refractivity contribution in [3.8, 4) is 0 Å². The van der Waals surface area contributed by atoms with Gasteiger partial charge in [0.25, 0.3) is 0 Å². The van der Waals surface area contributed by atoms with Crippen LogP contribution in [-0.2, 0) is 4.79 Å². The van der Waals surface area contributed by atoms with E-state index in [1.165, 1.54) is 25.7 Å². The zero-order valence-electron chi connectivity index (χ0n) is 10.6. The van der Waals surface area contributed by atoms with Crippen LogP contribution in [0.25, 0.3) is 0 Å². The van der Waals surface area contributed by atoms with Gasteiger partial charge in [0, 0.05) is 12.3 Å². The third kappa shape index (κ3) is 4.36. The van der Waals surface area contributed by atoms with Gasteiger partial charge in [-0.1, -0.05) is 40.0 Å². The van der Waals surface area contributed by atoms with Gasteiger partial charge < -0.3 is 0 Å². The number of carbonyl (C=O) groups excluding carboxylic acids is 1. The SMILES string of the molecule is CCC1CCCC(C(=O)CCC(C)C)C1. The molecule has 1 aliphatic carbocycles. The van der Waals surface area contributed by atoms with Crippen molar-refractivity contribution in [1.29, 1.82) is 0 Å². The lowest BCUT2D eigenvalue weighted by Gasteiger charge is -2.27. The molecule has 1 fully saturated rings. The monoisotopic (exact) mass is 210 g/mol. The Labute approximate surface area is 94.6 Å². The zero-order valence-corrected chi connectivity index (χ0v) is 10.6. The average Bonchev–Trinajstić information content (AvgIpc) is 2.26. The van der Waals surface area contributed by atoms with E-state index >= 15 is 0 Å². The first-order valence-electron chi connectivity index (χ1n) is 6.66. The fourth-order valence-corrected chi connectivity index (χ4v) is 2.59. The summed E-state index contributed by atoms with van der Waals surface area (Å²) in [7, 11) is 0. The zero-order chi connectivity index (χ0) is 11.3. The second-order valence-corrected chi connectivity index (χ2v) is 5.54. The highest BCUT2D eigenvalue weighted by molar-refractivity contribution is 5.81. The summed E-state index contributed by atoms with van der Waals surface area (Å²) in [5.74, 6) is 2.44. The Morgan fingerprint density at radius 1 is 1.33 bits per heavy atom. The van der Waals surface area contributed by atoms with Crippen LogP contribution in [0.3, 0.4) is 0 Å². The smallest absolute Gasteiger partial charge is 0.135 e. The second-order valence-electron chi connectivity index (χ2n) is 5.54. The van der Waals surface area contributed by atoms with Crippen molar-refractivity contribution in [1.82, 2.24) is 0 Å². The second kappa shape index (κ2) is 6.30. The Bertz CT molecular complexity index is 196. The van der Waals surface area contributed by atoms with Gasteiger partial charge in [0.05, 0.1) is 0 Å². The molecular formula is C14H26O. The molecule has 0 radical (unpaired) electrons. The molecule has 0 spiro atoms. The molecule has 0 heterocycles. The third-order valence-electron chi connectivity index (χ3n) is 3.78. The molecule has 1 aliphatic rings. The van der Waals surface area contributed by atoms with Crippen LogP contribution in [0.5, 0.6) is 0 Å². The largest absolute Gasteiger partial charge is 0.299 e. The normalized spacial score (nSPS) is 26.9. The average molecular weight is 210 g/mol. The summed E-state index contributed by atoms with van der Waals surface area (Å²) < 4.78 is 0. The van der Waals surface area contributed by atoms with Crippen molar-refractivity contribution < 1.29 is 4.79 Å². The van der Waals surface area contributed by atoms with E-state index in [9.17, 15) is 4.79 Å². The standard InChI is InChI=1S/C14H26O/c1-4-12-6-5-7-13(10-12)14(15)9-8-11(2)3/h11-13H,4-10H2,1-3H3. The molecular weight excluding hydrogens is 184 g/mol. The minimum absolute atomic E-state index is 0.405. The fraction of sp³-hybridized carbons (Fsp3) is 0.929. The van der Waals surface area contributed by atoms with Gasteiger partial charge in [0.2, 0.25) is 0 Å². The molecule has 1 rings (SSSR count). The molecule has 2 atom stereocenters. The highest BCUT2D eigenvalue weighted by Gasteiger charge is 2.25. The van der Waals surface area contributed by atoms with E-state index in [0.29, 0.717) is 17.6 Å². The minimum Gasteiger partial charge on any atom is -0.299 e. The first-order valence-corrected chi connectivity index (χ1v) is 6.66. The number of carbonyl (C=O) groups is 1. The highest BCUT2D eigenvalue weighted by Crippen LogP contribution is 2.32. The van der Waals surface area contributed by atoms with Gasteiger partial charge in [0.15, 0.2) is 0 Å². The molecule has 0 aromatic rings. The first-order chi connectivity index (χ1) is 7.13. The molecule has 0 N–H and O–H groups in total. The van der Waals surface area contributed by atoms with Crippen molar-refractivity contribution in [2.45, 2.75) is 65.7 Å². The van der Waals surface area contributed by atoms with Crippen LogP contribution < -0.4 is 0 Å². The van der Waals surface area contributed by atoms with Crippen LogP contribution in [0.15, 0.2) is 0 Å². The number of Topliss-reactive ketones (excluding diaryl/α,β-unsaturated/α-hetero) is 1. The summed E-state index contributed by atoms with van der Waals surface area (Å²) >= 11 is 0. The van der Waals surface area contributed by atoms with Gasteiger partial charge >= 0.3 is 0 Å². The van der Waals surface area contributed by atoms with Gasteiger partial charge in [-0.2, -0.15) is 0 Å². The fourth-order valence-electron chi connectivity index (χ4n) is 2.59. The molecule has 1 heteroatoms. The van der Waals surface area contributed by atoms with Crippen LogP contribution in [0.4, 0.5) is 0 Å². The van der Waals surface area contributed by atoms with Gasteiger partial charge in [-0.3, -0.25) is 4.79 Å². The van der Waals surface area contributed by atoms with Crippen LogP contribution in [0, 0.1) is 17.8 Å². The Morgan fingerprint density at radius 2 is 2.07 bits per heavy atom. The summed E-state index contributed by atoms with van der Waals surface area (Å²) in [4.78, 5) is 12.0. The van der Waals surface area contributed by atoms with Crippen molar-refractivity contribution in [2.75, 3.05) is 0 Å². The molecule has 1 nitrogen and oxygen atoms in total. The quantitative estimate of drug-likeness (QED) is 0.664. The summed E-state index contributed by atoms with van der Waals surface area (Å²) in [5, 5.41) is 0. The Morgan fingerprint density at radius 3 is 2.67 bits per heavy atom. The minimum atomic E-state index is 0.405. The molecule has 1 saturated carbocycles. The topological polar surface area (TPSA) is 17.1 Å². The van der Waals surface area contributed by atoms with E-state index in [-0.39, 0.29) is 0 Å². The molecule has 0 aromatic heterocycles. The molecule has 0 saturated heterocycles. The molecule has 0 bridgehead atoms. The third-order valence-corrected chi connectivity index (χ3v) is 3.78. The maximum Gasteiger partial charge on any atom is 0.135 e. The number of rotatable bonds is 5. The number of hydrogen-bond acceptors (Lipinski definition) is 1. The van der Waals surface area contributed by atoms with E-state index in [4.69, 9.17) is 0 Å². The van der Waals surface area contributed by atoms with Gasteiger partial charge in [-0.15, -0.1) is 0 Å². The lowest BCUT2D eigenvalue weighted by atomic mass is 9.77.